The number of nitrogens with one attached hydrogen (secondary N) is 1. The van der Waals surface area contributed by atoms with E-state index in [-0.39, 0.29) is 5.91 Å². The van der Waals surface area contributed by atoms with Crippen LogP contribution in [0.2, 0.25) is 0 Å². The predicted octanol–water partition coefficient (Wildman–Crippen LogP) is 2.55. The molecule has 4 heteroatoms. The van der Waals surface area contributed by atoms with Gasteiger partial charge in [-0.2, -0.15) is 0 Å². The fraction of sp³-hybridized carbons (Fsp3) is 0.533. The molecule has 1 amide bonds. The van der Waals surface area contributed by atoms with Crippen LogP contribution in [0.15, 0.2) is 37.4 Å². The van der Waals surface area contributed by atoms with E-state index in [4.69, 9.17) is 4.74 Å². The maximum absolute atomic E-state index is 12.2. The Kier molecular flexibility index (Phi) is 5.21. The summed E-state index contributed by atoms with van der Waals surface area (Å²) in [5.74, 6) is 0.414. The molecular weight excluding hydrogens is 240 g/mol. The lowest BCUT2D eigenvalue weighted by Crippen LogP contribution is -2.52. The maximum atomic E-state index is 12.2. The summed E-state index contributed by atoms with van der Waals surface area (Å²) in [5.41, 5.74) is -0.0986. The zero-order valence-corrected chi connectivity index (χ0v) is 12.0. The standard InChI is InChI=1S/C15H24N2O2/c1-6-17(4)12(2)14(18)16-15(13(3)19-5)10-8-7-9-11-15/h6H,1-3,7-11H2,4-5H3,(H,16,18). The topological polar surface area (TPSA) is 41.6 Å². The van der Waals surface area contributed by atoms with Gasteiger partial charge < -0.3 is 15.0 Å². The van der Waals surface area contributed by atoms with Crippen LogP contribution in [0.25, 0.3) is 0 Å². The lowest BCUT2D eigenvalue weighted by atomic mass is 9.80. The average Bonchev–Trinajstić information content (AvgIpc) is 2.45. The van der Waals surface area contributed by atoms with Crippen LogP contribution in [0.1, 0.15) is 32.1 Å². The molecule has 0 aromatic rings. The SMILES string of the molecule is C=CN(C)C(=C)C(=O)NC1(C(=C)OC)CCCCC1. The van der Waals surface area contributed by atoms with Crippen LogP contribution in [-0.2, 0) is 9.53 Å². The molecule has 1 fully saturated rings. The average molecular weight is 264 g/mol. The Hall–Kier alpha value is -1.71. The molecule has 106 valence electrons. The molecule has 0 radical (unpaired) electrons. The van der Waals surface area contributed by atoms with Gasteiger partial charge in [0.1, 0.15) is 5.76 Å². The second-order valence-corrected chi connectivity index (χ2v) is 4.96. The van der Waals surface area contributed by atoms with Gasteiger partial charge in [-0.1, -0.05) is 39.0 Å². The van der Waals surface area contributed by atoms with Crippen molar-refractivity contribution in [3.63, 3.8) is 0 Å². The molecule has 0 aromatic carbocycles. The minimum absolute atomic E-state index is 0.206. The fourth-order valence-electron chi connectivity index (χ4n) is 2.38. The highest BCUT2D eigenvalue weighted by atomic mass is 16.5. The maximum Gasteiger partial charge on any atom is 0.268 e. The molecule has 0 atom stereocenters. The van der Waals surface area contributed by atoms with Crippen molar-refractivity contribution in [3.05, 3.63) is 37.4 Å². The smallest absolute Gasteiger partial charge is 0.268 e. The van der Waals surface area contributed by atoms with Crippen LogP contribution in [0.3, 0.4) is 0 Å². The number of nitrogens with zero attached hydrogens (tertiary/aromatic N) is 1. The monoisotopic (exact) mass is 264 g/mol. The van der Waals surface area contributed by atoms with E-state index in [1.807, 2.05) is 0 Å². The van der Waals surface area contributed by atoms with Crippen molar-refractivity contribution in [2.45, 2.75) is 37.6 Å². The third-order valence-electron chi connectivity index (χ3n) is 3.80. The van der Waals surface area contributed by atoms with Crippen molar-refractivity contribution in [1.82, 2.24) is 10.2 Å². The summed E-state index contributed by atoms with van der Waals surface area (Å²) in [7, 11) is 3.34. The molecule has 0 saturated heterocycles. The van der Waals surface area contributed by atoms with E-state index in [0.29, 0.717) is 11.5 Å². The molecule has 1 rings (SSSR count). The van der Waals surface area contributed by atoms with E-state index in [1.54, 1.807) is 25.3 Å². The first-order valence-electron chi connectivity index (χ1n) is 6.57. The fourth-order valence-corrected chi connectivity index (χ4v) is 2.38. The summed E-state index contributed by atoms with van der Waals surface area (Å²) in [6.45, 7) is 11.3. The van der Waals surface area contributed by atoms with Crippen LogP contribution in [0, 0.1) is 0 Å². The van der Waals surface area contributed by atoms with E-state index in [0.717, 1.165) is 25.7 Å². The van der Waals surface area contributed by atoms with Crippen molar-refractivity contribution in [1.29, 1.82) is 0 Å². The van der Waals surface area contributed by atoms with Crippen LogP contribution >= 0.6 is 0 Å². The molecule has 0 bridgehead atoms. The van der Waals surface area contributed by atoms with Gasteiger partial charge in [0, 0.05) is 7.05 Å². The Balaban J connectivity index is 2.83. The number of hydrogen-bond acceptors (Lipinski definition) is 3. The quantitative estimate of drug-likeness (QED) is 0.592. The van der Waals surface area contributed by atoms with Gasteiger partial charge in [0.15, 0.2) is 0 Å². The van der Waals surface area contributed by atoms with Gasteiger partial charge in [-0.05, 0) is 19.0 Å². The summed E-state index contributed by atoms with van der Waals surface area (Å²) >= 11 is 0. The van der Waals surface area contributed by atoms with Crippen molar-refractivity contribution in [2.24, 2.45) is 0 Å². The Labute approximate surface area is 115 Å². The summed E-state index contributed by atoms with van der Waals surface area (Å²) in [5, 5.41) is 3.05. The Bertz CT molecular complexity index is 382. The van der Waals surface area contributed by atoms with Gasteiger partial charge in [-0.3, -0.25) is 4.79 Å². The Morgan fingerprint density at radius 2 is 1.89 bits per heavy atom. The van der Waals surface area contributed by atoms with E-state index < -0.39 is 5.54 Å². The number of methoxy groups -OCH3 is 1. The number of carbonyl (C=O) groups excluding carboxylic acids is 1. The molecule has 4 nitrogen and oxygen atoms in total. The van der Waals surface area contributed by atoms with Crippen molar-refractivity contribution < 1.29 is 9.53 Å². The van der Waals surface area contributed by atoms with Crippen LogP contribution < -0.4 is 5.32 Å². The highest BCUT2D eigenvalue weighted by molar-refractivity contribution is 5.93. The highest BCUT2D eigenvalue weighted by Crippen LogP contribution is 2.34. The molecule has 0 unspecified atom stereocenters. The molecule has 0 aliphatic heterocycles. The second-order valence-electron chi connectivity index (χ2n) is 4.96. The first-order valence-corrected chi connectivity index (χ1v) is 6.57. The second kappa shape index (κ2) is 6.45. The number of hydrogen-bond donors (Lipinski definition) is 1. The largest absolute Gasteiger partial charge is 0.499 e. The Morgan fingerprint density at radius 1 is 1.32 bits per heavy atom. The number of rotatable bonds is 6. The number of ether oxygens (including phenoxy) is 1. The van der Waals surface area contributed by atoms with Gasteiger partial charge in [0.05, 0.1) is 18.3 Å². The zero-order chi connectivity index (χ0) is 14.5. The number of amides is 1. The predicted molar refractivity (Wildman–Crippen MR) is 77.2 cm³/mol. The van der Waals surface area contributed by atoms with Gasteiger partial charge in [-0.15, -0.1) is 0 Å². The summed E-state index contributed by atoms with van der Waals surface area (Å²) < 4.78 is 5.29. The molecule has 0 aromatic heterocycles. The summed E-state index contributed by atoms with van der Waals surface area (Å²) in [6.07, 6.45) is 6.58. The molecule has 1 aliphatic rings. The third-order valence-corrected chi connectivity index (χ3v) is 3.80. The molecular formula is C15H24N2O2. The van der Waals surface area contributed by atoms with Crippen molar-refractivity contribution in [3.8, 4) is 0 Å². The van der Waals surface area contributed by atoms with E-state index in [2.05, 4.69) is 25.1 Å². The van der Waals surface area contributed by atoms with E-state index in [1.165, 1.54) is 6.42 Å². The molecule has 19 heavy (non-hydrogen) atoms. The summed E-state index contributed by atoms with van der Waals surface area (Å²) in [6, 6.07) is 0. The zero-order valence-electron chi connectivity index (χ0n) is 12.0. The van der Waals surface area contributed by atoms with Crippen LogP contribution in [0.5, 0.6) is 0 Å². The molecule has 0 spiro atoms. The van der Waals surface area contributed by atoms with E-state index >= 15 is 0 Å². The molecule has 0 heterocycles. The number of carbonyl (C=O) groups is 1. The van der Waals surface area contributed by atoms with Crippen molar-refractivity contribution >= 4 is 5.91 Å². The Morgan fingerprint density at radius 3 is 2.37 bits per heavy atom. The van der Waals surface area contributed by atoms with Gasteiger partial charge in [0.25, 0.3) is 5.91 Å². The van der Waals surface area contributed by atoms with Gasteiger partial charge >= 0.3 is 0 Å². The summed E-state index contributed by atoms with van der Waals surface area (Å²) in [4.78, 5) is 13.8. The van der Waals surface area contributed by atoms with Gasteiger partial charge in [-0.25, -0.2) is 0 Å². The van der Waals surface area contributed by atoms with Crippen molar-refractivity contribution in [2.75, 3.05) is 14.2 Å². The minimum Gasteiger partial charge on any atom is -0.499 e. The molecule has 1 saturated carbocycles. The van der Waals surface area contributed by atoms with Crippen LogP contribution in [-0.4, -0.2) is 30.5 Å². The third kappa shape index (κ3) is 3.40. The first-order chi connectivity index (χ1) is 8.96. The minimum atomic E-state index is -0.463. The normalized spacial score (nSPS) is 17.2. The van der Waals surface area contributed by atoms with Gasteiger partial charge in [0.2, 0.25) is 0 Å². The first kappa shape index (κ1) is 15.3. The number of likely N-dealkylation sites (N-methyl/N-ethyl adjacent to an activating group) is 1. The lowest BCUT2D eigenvalue weighted by molar-refractivity contribution is -0.120. The molecule has 1 aliphatic carbocycles. The highest BCUT2D eigenvalue weighted by Gasteiger charge is 2.38. The molecule has 1 N–H and O–H groups in total. The van der Waals surface area contributed by atoms with Crippen LogP contribution in [0.4, 0.5) is 0 Å². The van der Waals surface area contributed by atoms with E-state index in [9.17, 15) is 4.79 Å². The lowest BCUT2D eigenvalue weighted by Gasteiger charge is -2.39.